The van der Waals surface area contributed by atoms with Crippen molar-refractivity contribution in [2.45, 2.75) is 58.0 Å². The van der Waals surface area contributed by atoms with E-state index < -0.39 is 6.04 Å². The number of ether oxygens (including phenoxy) is 2. The van der Waals surface area contributed by atoms with Crippen molar-refractivity contribution >= 4 is 5.91 Å². The third kappa shape index (κ3) is 5.75. The van der Waals surface area contributed by atoms with Crippen molar-refractivity contribution in [2.24, 2.45) is 11.7 Å². The first-order valence-electron chi connectivity index (χ1n) is 10.1. The quantitative estimate of drug-likeness (QED) is 0.791. The van der Waals surface area contributed by atoms with Crippen molar-refractivity contribution in [3.63, 3.8) is 0 Å². The number of hydrogen-bond donors (Lipinski definition) is 2. The summed E-state index contributed by atoms with van der Waals surface area (Å²) in [6.45, 7) is 8.88. The number of nitrogens with two attached hydrogens (primary N) is 1. The Morgan fingerprint density at radius 2 is 1.81 bits per heavy atom. The molecule has 1 aromatic rings. The summed E-state index contributed by atoms with van der Waals surface area (Å²) in [6.07, 6.45) is 2.22. The number of rotatable bonds is 6. The summed E-state index contributed by atoms with van der Waals surface area (Å²) >= 11 is 0. The molecule has 0 saturated carbocycles. The summed E-state index contributed by atoms with van der Waals surface area (Å²) in [5, 5.41) is 3.04. The van der Waals surface area contributed by atoms with E-state index in [4.69, 9.17) is 15.2 Å². The van der Waals surface area contributed by atoms with Crippen molar-refractivity contribution < 1.29 is 14.3 Å². The molecule has 0 spiro atoms. The van der Waals surface area contributed by atoms with Crippen LogP contribution in [-0.2, 0) is 27.4 Å². The molecule has 3 N–H and O–H groups in total. The normalized spacial score (nSPS) is 25.9. The van der Waals surface area contributed by atoms with Crippen LogP contribution in [0.25, 0.3) is 0 Å². The van der Waals surface area contributed by atoms with Crippen molar-refractivity contribution in [1.29, 1.82) is 0 Å². The van der Waals surface area contributed by atoms with Gasteiger partial charge in [0.2, 0.25) is 5.91 Å². The molecule has 0 aromatic heterocycles. The molecule has 0 radical (unpaired) electrons. The molecule has 0 aliphatic carbocycles. The van der Waals surface area contributed by atoms with E-state index >= 15 is 0 Å². The molecule has 2 saturated heterocycles. The summed E-state index contributed by atoms with van der Waals surface area (Å²) in [5.41, 5.74) is 8.58. The molecule has 0 bridgehead atoms. The van der Waals surface area contributed by atoms with Gasteiger partial charge in [-0.3, -0.25) is 9.69 Å². The van der Waals surface area contributed by atoms with E-state index in [9.17, 15) is 4.79 Å². The molecule has 150 valence electrons. The second-order valence-corrected chi connectivity index (χ2v) is 7.91. The van der Waals surface area contributed by atoms with Crippen molar-refractivity contribution in [3.8, 4) is 0 Å². The molecule has 6 heteroatoms. The molecular formula is C21H33N3O3. The molecule has 2 heterocycles. The van der Waals surface area contributed by atoms with Crippen LogP contribution in [0.5, 0.6) is 0 Å². The van der Waals surface area contributed by atoms with Gasteiger partial charge in [0.1, 0.15) is 0 Å². The topological polar surface area (TPSA) is 76.8 Å². The van der Waals surface area contributed by atoms with Crippen molar-refractivity contribution in [1.82, 2.24) is 10.2 Å². The average Bonchev–Trinajstić information content (AvgIpc) is 2.66. The van der Waals surface area contributed by atoms with Gasteiger partial charge < -0.3 is 20.5 Å². The van der Waals surface area contributed by atoms with E-state index in [2.05, 4.69) is 42.3 Å². The van der Waals surface area contributed by atoms with Gasteiger partial charge in [0, 0.05) is 39.4 Å². The van der Waals surface area contributed by atoms with Crippen LogP contribution in [0, 0.1) is 5.92 Å². The Balaban J connectivity index is 1.56. The van der Waals surface area contributed by atoms with Crippen LogP contribution in [0.3, 0.4) is 0 Å². The van der Waals surface area contributed by atoms with E-state index in [0.717, 1.165) is 38.0 Å². The van der Waals surface area contributed by atoms with Gasteiger partial charge in [0.15, 0.2) is 0 Å². The van der Waals surface area contributed by atoms with E-state index in [1.165, 1.54) is 5.56 Å². The molecule has 1 amide bonds. The highest BCUT2D eigenvalue weighted by molar-refractivity contribution is 5.81. The smallest absolute Gasteiger partial charge is 0.237 e. The Hall–Kier alpha value is -1.47. The Morgan fingerprint density at radius 1 is 1.19 bits per heavy atom. The van der Waals surface area contributed by atoms with E-state index in [0.29, 0.717) is 19.8 Å². The monoisotopic (exact) mass is 375 g/mol. The molecule has 3 atom stereocenters. The van der Waals surface area contributed by atoms with Crippen LogP contribution in [-0.4, -0.2) is 55.4 Å². The fraction of sp³-hybridized carbons (Fsp3) is 0.667. The lowest BCUT2D eigenvalue weighted by molar-refractivity contribution is -0.124. The zero-order chi connectivity index (χ0) is 19.2. The fourth-order valence-corrected chi connectivity index (χ4v) is 4.13. The lowest BCUT2D eigenvalue weighted by atomic mass is 9.92. The van der Waals surface area contributed by atoms with Crippen LogP contribution in [0.1, 0.15) is 37.8 Å². The predicted octanol–water partition coefficient (Wildman–Crippen LogP) is 1.67. The number of carbonyl (C=O) groups is 1. The maximum absolute atomic E-state index is 12.5. The third-order valence-electron chi connectivity index (χ3n) is 5.54. The first kappa shape index (κ1) is 20.3. The Labute approximate surface area is 162 Å². The highest BCUT2D eigenvalue weighted by Crippen LogP contribution is 2.19. The maximum Gasteiger partial charge on any atom is 0.237 e. The first-order valence-corrected chi connectivity index (χ1v) is 10.1. The summed E-state index contributed by atoms with van der Waals surface area (Å²) < 4.78 is 11.2. The number of hydrogen-bond acceptors (Lipinski definition) is 5. The number of nitrogens with zero attached hydrogens (tertiary/aromatic N) is 1. The number of carbonyl (C=O) groups excluding carboxylic acids is 1. The molecular weight excluding hydrogens is 342 g/mol. The van der Waals surface area contributed by atoms with Gasteiger partial charge >= 0.3 is 0 Å². The van der Waals surface area contributed by atoms with Crippen LogP contribution in [0.15, 0.2) is 24.3 Å². The van der Waals surface area contributed by atoms with Gasteiger partial charge in [-0.2, -0.15) is 0 Å². The molecule has 2 aliphatic heterocycles. The minimum atomic E-state index is -0.456. The molecule has 3 rings (SSSR count). The number of benzene rings is 1. The highest BCUT2D eigenvalue weighted by atomic mass is 16.5. The lowest BCUT2D eigenvalue weighted by Crippen LogP contribution is -2.47. The minimum absolute atomic E-state index is 0.0645. The number of amides is 1. The van der Waals surface area contributed by atoms with E-state index in [-0.39, 0.29) is 24.0 Å². The summed E-state index contributed by atoms with van der Waals surface area (Å²) in [7, 11) is 0. The summed E-state index contributed by atoms with van der Waals surface area (Å²) in [6, 6.07) is 7.85. The van der Waals surface area contributed by atoms with Crippen molar-refractivity contribution in [2.75, 3.05) is 26.3 Å². The first-order chi connectivity index (χ1) is 13.0. The number of morpholine rings is 1. The van der Waals surface area contributed by atoms with Gasteiger partial charge in [-0.25, -0.2) is 0 Å². The zero-order valence-electron chi connectivity index (χ0n) is 16.5. The van der Waals surface area contributed by atoms with Gasteiger partial charge in [-0.05, 0) is 43.7 Å². The molecule has 27 heavy (non-hydrogen) atoms. The molecule has 6 nitrogen and oxygen atoms in total. The third-order valence-corrected chi connectivity index (χ3v) is 5.54. The zero-order valence-corrected chi connectivity index (χ0v) is 16.5. The van der Waals surface area contributed by atoms with Crippen LogP contribution < -0.4 is 11.1 Å². The minimum Gasteiger partial charge on any atom is -0.381 e. The van der Waals surface area contributed by atoms with Gasteiger partial charge in [0.25, 0.3) is 0 Å². The molecule has 3 unspecified atom stereocenters. The Kier molecular flexibility index (Phi) is 7.24. The average molecular weight is 376 g/mol. The van der Waals surface area contributed by atoms with Crippen LogP contribution in [0.4, 0.5) is 0 Å². The maximum atomic E-state index is 12.5. The fourth-order valence-electron chi connectivity index (χ4n) is 4.13. The molecule has 2 aliphatic rings. The number of nitrogens with one attached hydrogen (secondary N) is 1. The SMILES string of the molecule is CC1CN(Cc2ccccc2CNC(=O)C(N)C2CCOCC2)CC(C)O1. The molecule has 1 aromatic carbocycles. The van der Waals surface area contributed by atoms with Gasteiger partial charge in [-0.1, -0.05) is 24.3 Å². The largest absolute Gasteiger partial charge is 0.381 e. The highest BCUT2D eigenvalue weighted by Gasteiger charge is 2.27. The Bertz CT molecular complexity index is 608. The standard InChI is InChI=1S/C21H33N3O3/c1-15-12-24(13-16(2)27-15)14-19-6-4-3-5-18(19)11-23-21(25)20(22)17-7-9-26-10-8-17/h3-6,15-17,20H,7-14,22H2,1-2H3,(H,23,25). The second-order valence-electron chi connectivity index (χ2n) is 7.91. The van der Waals surface area contributed by atoms with Gasteiger partial charge in [0.05, 0.1) is 18.2 Å². The van der Waals surface area contributed by atoms with E-state index in [1.54, 1.807) is 0 Å². The Morgan fingerprint density at radius 3 is 2.48 bits per heavy atom. The van der Waals surface area contributed by atoms with Crippen LogP contribution in [0.2, 0.25) is 0 Å². The van der Waals surface area contributed by atoms with Crippen LogP contribution >= 0.6 is 0 Å². The molecule has 2 fully saturated rings. The predicted molar refractivity (Wildman–Crippen MR) is 105 cm³/mol. The lowest BCUT2D eigenvalue weighted by Gasteiger charge is -2.35. The van der Waals surface area contributed by atoms with Crippen molar-refractivity contribution in [3.05, 3.63) is 35.4 Å². The summed E-state index contributed by atoms with van der Waals surface area (Å²) in [5.74, 6) is 0.149. The van der Waals surface area contributed by atoms with Gasteiger partial charge in [-0.15, -0.1) is 0 Å². The second kappa shape index (κ2) is 9.64. The summed E-state index contributed by atoms with van der Waals surface area (Å²) in [4.78, 5) is 14.9. The van der Waals surface area contributed by atoms with E-state index in [1.807, 2.05) is 6.07 Å².